The molecule has 3 heteroatoms. The van der Waals surface area contributed by atoms with Gasteiger partial charge in [0.25, 0.3) is 0 Å². The van der Waals surface area contributed by atoms with Crippen molar-refractivity contribution in [3.63, 3.8) is 0 Å². The fraction of sp³-hybridized carbons (Fsp3) is 0.900. The van der Waals surface area contributed by atoms with E-state index in [0.717, 1.165) is 25.8 Å². The van der Waals surface area contributed by atoms with Gasteiger partial charge >= 0.3 is 0 Å². The summed E-state index contributed by atoms with van der Waals surface area (Å²) in [5.74, 6) is -0.0989. The van der Waals surface area contributed by atoms with E-state index in [1.54, 1.807) is 0 Å². The zero-order valence-corrected chi connectivity index (χ0v) is 8.47. The topological polar surface area (TPSA) is 49.3 Å². The molecule has 3 nitrogen and oxygen atoms in total. The van der Waals surface area contributed by atoms with Gasteiger partial charge in [0.1, 0.15) is 5.60 Å². The molecule has 0 heterocycles. The largest absolute Gasteiger partial charge is 0.380 e. The van der Waals surface area contributed by atoms with Crippen LogP contribution in [0.1, 0.15) is 39.5 Å². The van der Waals surface area contributed by atoms with E-state index in [1.165, 1.54) is 6.92 Å². The Morgan fingerprint density at radius 2 is 2.31 bits per heavy atom. The molecule has 0 radical (unpaired) electrons. The molecule has 0 spiro atoms. The first-order valence-corrected chi connectivity index (χ1v) is 5.08. The predicted molar refractivity (Wildman–Crippen MR) is 51.6 cm³/mol. The van der Waals surface area contributed by atoms with Gasteiger partial charge in [0.15, 0.2) is 5.78 Å². The number of ketones is 1. The first-order valence-electron chi connectivity index (χ1n) is 5.08. The predicted octanol–water partition coefficient (Wildman–Crippen LogP) is 0.859. The Hall–Kier alpha value is -0.410. The van der Waals surface area contributed by atoms with Gasteiger partial charge in [-0.25, -0.2) is 0 Å². The number of Topliss-reactive ketones (excluding diaryl/α,β-unsaturated/α-hetero) is 1. The molecule has 1 aliphatic rings. The van der Waals surface area contributed by atoms with Crippen LogP contribution in [0.5, 0.6) is 0 Å². The van der Waals surface area contributed by atoms with E-state index in [4.69, 9.17) is 0 Å². The first-order chi connectivity index (χ1) is 6.11. The monoisotopic (exact) mass is 185 g/mol. The molecule has 2 N–H and O–H groups in total. The minimum Gasteiger partial charge on any atom is -0.380 e. The zero-order chi connectivity index (χ0) is 9.90. The molecule has 0 amide bonds. The van der Waals surface area contributed by atoms with E-state index in [2.05, 4.69) is 5.32 Å². The minimum atomic E-state index is -1.10. The normalized spacial score (nSPS) is 34.5. The van der Waals surface area contributed by atoms with E-state index < -0.39 is 5.60 Å². The maximum Gasteiger partial charge on any atom is 0.162 e. The lowest BCUT2D eigenvalue weighted by Crippen LogP contribution is -2.56. The smallest absolute Gasteiger partial charge is 0.162 e. The highest BCUT2D eigenvalue weighted by molar-refractivity contribution is 5.85. The summed E-state index contributed by atoms with van der Waals surface area (Å²) in [7, 11) is 0. The van der Waals surface area contributed by atoms with Crippen molar-refractivity contribution in [1.82, 2.24) is 5.32 Å². The minimum absolute atomic E-state index is 0.0382. The van der Waals surface area contributed by atoms with Gasteiger partial charge in [-0.05, 0) is 32.7 Å². The third kappa shape index (κ3) is 2.09. The molecule has 13 heavy (non-hydrogen) atoms. The fourth-order valence-electron chi connectivity index (χ4n) is 2.09. The van der Waals surface area contributed by atoms with E-state index in [1.807, 2.05) is 6.92 Å². The van der Waals surface area contributed by atoms with Crippen molar-refractivity contribution >= 4 is 5.78 Å². The molecule has 1 rings (SSSR count). The molecule has 76 valence electrons. The van der Waals surface area contributed by atoms with Crippen LogP contribution in [0.2, 0.25) is 0 Å². The maximum atomic E-state index is 11.3. The molecule has 0 bridgehead atoms. The molecule has 1 fully saturated rings. The van der Waals surface area contributed by atoms with E-state index in [-0.39, 0.29) is 11.8 Å². The van der Waals surface area contributed by atoms with Crippen molar-refractivity contribution in [3.05, 3.63) is 0 Å². The van der Waals surface area contributed by atoms with Gasteiger partial charge in [-0.3, -0.25) is 4.79 Å². The average Bonchev–Trinajstić information content (AvgIpc) is 2.09. The lowest BCUT2D eigenvalue weighted by molar-refractivity contribution is -0.141. The molecule has 0 aromatic carbocycles. The van der Waals surface area contributed by atoms with Crippen LogP contribution < -0.4 is 5.32 Å². The summed E-state index contributed by atoms with van der Waals surface area (Å²) in [6, 6.07) is -0.0382. The summed E-state index contributed by atoms with van der Waals surface area (Å²) >= 11 is 0. The Bertz CT molecular complexity index is 191. The van der Waals surface area contributed by atoms with Crippen molar-refractivity contribution < 1.29 is 9.90 Å². The van der Waals surface area contributed by atoms with Crippen LogP contribution in [0, 0.1) is 0 Å². The Balaban J connectivity index is 2.71. The van der Waals surface area contributed by atoms with Crippen LogP contribution >= 0.6 is 0 Å². The first kappa shape index (κ1) is 10.7. The molecule has 0 saturated heterocycles. The average molecular weight is 185 g/mol. The molecule has 0 aliphatic heterocycles. The lowest BCUT2D eigenvalue weighted by atomic mass is 9.78. The van der Waals surface area contributed by atoms with Crippen molar-refractivity contribution in [2.24, 2.45) is 0 Å². The van der Waals surface area contributed by atoms with Crippen LogP contribution in [-0.2, 0) is 4.79 Å². The molecule has 2 atom stereocenters. The number of carbonyl (C=O) groups is 1. The Morgan fingerprint density at radius 3 is 2.85 bits per heavy atom. The van der Waals surface area contributed by atoms with Gasteiger partial charge in [-0.15, -0.1) is 0 Å². The number of aliphatic hydroxyl groups is 1. The second-order valence-electron chi connectivity index (χ2n) is 3.84. The van der Waals surface area contributed by atoms with Gasteiger partial charge < -0.3 is 10.4 Å². The number of likely N-dealkylation sites (N-methyl/N-ethyl adjacent to an activating group) is 1. The molecule has 0 aromatic heterocycles. The van der Waals surface area contributed by atoms with Crippen LogP contribution in [0.3, 0.4) is 0 Å². The second-order valence-corrected chi connectivity index (χ2v) is 3.84. The van der Waals surface area contributed by atoms with Gasteiger partial charge in [-0.2, -0.15) is 0 Å². The Morgan fingerprint density at radius 1 is 1.62 bits per heavy atom. The van der Waals surface area contributed by atoms with Crippen LogP contribution in [-0.4, -0.2) is 29.1 Å². The third-order valence-corrected chi connectivity index (χ3v) is 2.94. The Kier molecular flexibility index (Phi) is 3.45. The number of rotatable bonds is 3. The van der Waals surface area contributed by atoms with Gasteiger partial charge in [0, 0.05) is 6.04 Å². The molecule has 1 saturated carbocycles. The Labute approximate surface area is 79.5 Å². The quantitative estimate of drug-likeness (QED) is 0.685. The van der Waals surface area contributed by atoms with Crippen molar-refractivity contribution in [2.45, 2.75) is 51.2 Å². The van der Waals surface area contributed by atoms with Crippen molar-refractivity contribution in [2.75, 3.05) is 6.54 Å². The highest BCUT2D eigenvalue weighted by Gasteiger charge is 2.42. The summed E-state index contributed by atoms with van der Waals surface area (Å²) < 4.78 is 0. The van der Waals surface area contributed by atoms with Gasteiger partial charge in [0.05, 0.1) is 0 Å². The molecular formula is C10H19NO2. The van der Waals surface area contributed by atoms with Crippen molar-refractivity contribution in [3.8, 4) is 0 Å². The molecule has 1 aliphatic carbocycles. The van der Waals surface area contributed by atoms with Crippen LogP contribution in [0.4, 0.5) is 0 Å². The summed E-state index contributed by atoms with van der Waals surface area (Å²) in [4.78, 5) is 11.3. The number of hydrogen-bond donors (Lipinski definition) is 2. The van der Waals surface area contributed by atoms with Crippen LogP contribution in [0.25, 0.3) is 0 Å². The summed E-state index contributed by atoms with van der Waals surface area (Å²) in [5.41, 5.74) is -1.10. The standard InChI is InChI=1S/C10H19NO2/c1-3-11-9-6-4-5-7-10(9,13)8(2)12/h9,11,13H,3-7H2,1-2H3. The van der Waals surface area contributed by atoms with Gasteiger partial charge in [0.2, 0.25) is 0 Å². The SMILES string of the molecule is CCNC1CCCCC1(O)C(C)=O. The van der Waals surface area contributed by atoms with E-state index in [9.17, 15) is 9.90 Å². The summed E-state index contributed by atoms with van der Waals surface area (Å²) in [6.07, 6.45) is 3.58. The van der Waals surface area contributed by atoms with E-state index >= 15 is 0 Å². The second kappa shape index (κ2) is 4.20. The summed E-state index contributed by atoms with van der Waals surface area (Å²) in [6.45, 7) is 4.28. The third-order valence-electron chi connectivity index (χ3n) is 2.94. The fourth-order valence-corrected chi connectivity index (χ4v) is 2.09. The van der Waals surface area contributed by atoms with Crippen LogP contribution in [0.15, 0.2) is 0 Å². The molecule has 2 unspecified atom stereocenters. The highest BCUT2D eigenvalue weighted by atomic mass is 16.3. The zero-order valence-electron chi connectivity index (χ0n) is 8.47. The number of hydrogen-bond acceptors (Lipinski definition) is 3. The molecular weight excluding hydrogens is 166 g/mol. The number of carbonyl (C=O) groups excluding carboxylic acids is 1. The highest BCUT2D eigenvalue weighted by Crippen LogP contribution is 2.29. The van der Waals surface area contributed by atoms with Gasteiger partial charge in [-0.1, -0.05) is 13.3 Å². The summed E-state index contributed by atoms with van der Waals surface area (Å²) in [5, 5.41) is 13.3. The molecule has 0 aromatic rings. The maximum absolute atomic E-state index is 11.3. The van der Waals surface area contributed by atoms with E-state index in [0.29, 0.717) is 6.42 Å². The number of nitrogens with one attached hydrogen (secondary N) is 1. The lowest BCUT2D eigenvalue weighted by Gasteiger charge is -2.38. The van der Waals surface area contributed by atoms with Crippen molar-refractivity contribution in [1.29, 1.82) is 0 Å².